The molecule has 0 aliphatic heterocycles. The Bertz CT molecular complexity index is 802. The third kappa shape index (κ3) is 3.29. The van der Waals surface area contributed by atoms with Crippen LogP contribution in [0.1, 0.15) is 17.3 Å². The van der Waals surface area contributed by atoms with Crippen LogP contribution in [0.5, 0.6) is 5.75 Å². The molecule has 6 nitrogen and oxygen atoms in total. The van der Waals surface area contributed by atoms with Gasteiger partial charge in [0.05, 0.1) is 18.4 Å². The van der Waals surface area contributed by atoms with Crippen molar-refractivity contribution in [3.63, 3.8) is 0 Å². The maximum absolute atomic E-state index is 13.0. The molecule has 122 valence electrons. The molecule has 0 aliphatic carbocycles. The van der Waals surface area contributed by atoms with E-state index in [1.165, 1.54) is 23.5 Å². The van der Waals surface area contributed by atoms with Gasteiger partial charge in [0.15, 0.2) is 0 Å². The van der Waals surface area contributed by atoms with Crippen molar-refractivity contribution in [2.24, 2.45) is 0 Å². The largest absolute Gasteiger partial charge is 0.495 e. The zero-order chi connectivity index (χ0) is 17.0. The highest BCUT2D eigenvalue weighted by molar-refractivity contribution is 7.93. The number of benzene rings is 2. The molecule has 0 unspecified atom stereocenters. The number of sulfonamides is 1. The predicted octanol–water partition coefficient (Wildman–Crippen LogP) is 2.61. The first-order valence-electron chi connectivity index (χ1n) is 6.91. The minimum Gasteiger partial charge on any atom is -0.495 e. The smallest absolute Gasteiger partial charge is 0.335 e. The number of hydrogen-bond acceptors (Lipinski definition) is 4. The average molecular weight is 335 g/mol. The average Bonchev–Trinajstić information content (AvgIpc) is 2.55. The zero-order valence-electron chi connectivity index (χ0n) is 12.8. The molecule has 0 aromatic heterocycles. The van der Waals surface area contributed by atoms with Crippen molar-refractivity contribution in [2.75, 3.05) is 18.0 Å². The number of ether oxygens (including phenoxy) is 1. The molecule has 1 N–H and O–H groups in total. The number of aromatic carboxylic acids is 1. The van der Waals surface area contributed by atoms with E-state index in [2.05, 4.69) is 0 Å². The SMILES string of the molecule is CCN(c1ccccc1)S(=O)(=O)c1cc(C(=O)O)ccc1OC. The minimum atomic E-state index is -3.96. The Labute approximate surface area is 135 Å². The van der Waals surface area contributed by atoms with Crippen LogP contribution in [0.25, 0.3) is 0 Å². The quantitative estimate of drug-likeness (QED) is 0.877. The summed E-state index contributed by atoms with van der Waals surface area (Å²) in [5, 5.41) is 9.10. The van der Waals surface area contributed by atoms with Crippen molar-refractivity contribution in [3.8, 4) is 5.75 Å². The van der Waals surface area contributed by atoms with Crippen molar-refractivity contribution in [2.45, 2.75) is 11.8 Å². The van der Waals surface area contributed by atoms with Gasteiger partial charge in [-0.2, -0.15) is 0 Å². The fourth-order valence-electron chi connectivity index (χ4n) is 2.22. The summed E-state index contributed by atoms with van der Waals surface area (Å²) in [6, 6.07) is 12.4. The van der Waals surface area contributed by atoms with Gasteiger partial charge in [0.25, 0.3) is 10.0 Å². The number of para-hydroxylation sites is 1. The number of carboxylic acid groups (broad SMARTS) is 1. The molecular weight excluding hydrogens is 318 g/mol. The molecule has 0 aliphatic rings. The molecule has 0 bridgehead atoms. The number of hydrogen-bond donors (Lipinski definition) is 1. The molecule has 0 saturated heterocycles. The molecule has 0 atom stereocenters. The molecule has 0 spiro atoms. The minimum absolute atomic E-state index is 0.101. The molecule has 0 amide bonds. The van der Waals surface area contributed by atoms with Gasteiger partial charge in [0, 0.05) is 6.54 Å². The molecule has 2 aromatic carbocycles. The van der Waals surface area contributed by atoms with Crippen molar-refractivity contribution in [3.05, 3.63) is 54.1 Å². The van der Waals surface area contributed by atoms with E-state index in [4.69, 9.17) is 9.84 Å². The Morgan fingerprint density at radius 3 is 2.35 bits per heavy atom. The van der Waals surface area contributed by atoms with Gasteiger partial charge in [-0.15, -0.1) is 0 Å². The van der Waals surface area contributed by atoms with E-state index in [-0.39, 0.29) is 22.8 Å². The molecule has 7 heteroatoms. The summed E-state index contributed by atoms with van der Waals surface area (Å²) in [4.78, 5) is 11.0. The molecule has 0 heterocycles. The van der Waals surface area contributed by atoms with Crippen LogP contribution in [0, 0.1) is 0 Å². The summed E-state index contributed by atoms with van der Waals surface area (Å²) in [6.07, 6.45) is 0. The van der Waals surface area contributed by atoms with E-state index < -0.39 is 16.0 Å². The highest BCUT2D eigenvalue weighted by Gasteiger charge is 2.28. The van der Waals surface area contributed by atoms with Gasteiger partial charge < -0.3 is 9.84 Å². The highest BCUT2D eigenvalue weighted by Crippen LogP contribution is 2.30. The molecule has 23 heavy (non-hydrogen) atoms. The van der Waals surface area contributed by atoms with Crippen molar-refractivity contribution < 1.29 is 23.1 Å². The van der Waals surface area contributed by atoms with Gasteiger partial charge in [0.1, 0.15) is 10.6 Å². The Balaban J connectivity index is 2.62. The van der Waals surface area contributed by atoms with Crippen LogP contribution in [-0.2, 0) is 10.0 Å². The van der Waals surface area contributed by atoms with E-state index in [0.717, 1.165) is 6.07 Å². The lowest BCUT2D eigenvalue weighted by Gasteiger charge is -2.24. The molecule has 0 fully saturated rings. The van der Waals surface area contributed by atoms with Crippen LogP contribution in [0.4, 0.5) is 5.69 Å². The number of nitrogens with zero attached hydrogens (tertiary/aromatic N) is 1. The van der Waals surface area contributed by atoms with Gasteiger partial charge in [-0.25, -0.2) is 13.2 Å². The second-order valence-corrected chi connectivity index (χ2v) is 6.51. The van der Waals surface area contributed by atoms with Crippen LogP contribution in [0.2, 0.25) is 0 Å². The molecular formula is C16H17NO5S. The molecule has 0 radical (unpaired) electrons. The third-order valence-electron chi connectivity index (χ3n) is 3.31. The molecule has 0 saturated carbocycles. The second kappa shape index (κ2) is 6.70. The van der Waals surface area contributed by atoms with Crippen LogP contribution in [-0.4, -0.2) is 33.1 Å². The maximum Gasteiger partial charge on any atom is 0.335 e. The van der Waals surface area contributed by atoms with Gasteiger partial charge in [-0.05, 0) is 37.3 Å². The van der Waals surface area contributed by atoms with Crippen molar-refractivity contribution in [1.29, 1.82) is 0 Å². The number of rotatable bonds is 6. The first-order chi connectivity index (χ1) is 10.9. The summed E-state index contributed by atoms with van der Waals surface area (Å²) in [5.74, 6) is -1.10. The van der Waals surface area contributed by atoms with E-state index in [9.17, 15) is 13.2 Å². The fraction of sp³-hybridized carbons (Fsp3) is 0.188. The lowest BCUT2D eigenvalue weighted by molar-refractivity contribution is 0.0696. The maximum atomic E-state index is 13.0. The van der Waals surface area contributed by atoms with Crippen LogP contribution >= 0.6 is 0 Å². The normalized spacial score (nSPS) is 11.0. The van der Waals surface area contributed by atoms with Gasteiger partial charge in [-0.1, -0.05) is 18.2 Å². The third-order valence-corrected chi connectivity index (χ3v) is 5.23. The fourth-order valence-corrected chi connectivity index (χ4v) is 3.87. The summed E-state index contributed by atoms with van der Waals surface area (Å²) in [7, 11) is -2.62. The lowest BCUT2D eigenvalue weighted by atomic mass is 10.2. The van der Waals surface area contributed by atoms with E-state index >= 15 is 0 Å². The van der Waals surface area contributed by atoms with Crippen molar-refractivity contribution >= 4 is 21.7 Å². The monoisotopic (exact) mass is 335 g/mol. The number of methoxy groups -OCH3 is 1. The Hall–Kier alpha value is -2.54. The number of anilines is 1. The van der Waals surface area contributed by atoms with Gasteiger partial charge >= 0.3 is 5.97 Å². The Morgan fingerprint density at radius 1 is 1.17 bits per heavy atom. The second-order valence-electron chi connectivity index (χ2n) is 4.68. The number of carboxylic acids is 1. The topological polar surface area (TPSA) is 83.9 Å². The standard InChI is InChI=1S/C16H17NO5S/c1-3-17(13-7-5-4-6-8-13)23(20,21)15-11-12(16(18)19)9-10-14(15)22-2/h4-11H,3H2,1-2H3,(H,18,19). The summed E-state index contributed by atoms with van der Waals surface area (Å²) in [5.41, 5.74) is 0.381. The highest BCUT2D eigenvalue weighted by atomic mass is 32.2. The van der Waals surface area contributed by atoms with Gasteiger partial charge in [-0.3, -0.25) is 4.31 Å². The molecule has 2 aromatic rings. The van der Waals surface area contributed by atoms with E-state index in [1.54, 1.807) is 37.3 Å². The Kier molecular flexibility index (Phi) is 4.90. The first kappa shape index (κ1) is 16.8. The number of carbonyl (C=O) groups is 1. The van der Waals surface area contributed by atoms with Crippen LogP contribution < -0.4 is 9.04 Å². The van der Waals surface area contributed by atoms with Crippen LogP contribution in [0.3, 0.4) is 0 Å². The van der Waals surface area contributed by atoms with E-state index in [0.29, 0.717) is 5.69 Å². The summed E-state index contributed by atoms with van der Waals surface area (Å²) >= 11 is 0. The summed E-state index contributed by atoms with van der Waals surface area (Å²) < 4.78 is 32.2. The lowest BCUT2D eigenvalue weighted by Crippen LogP contribution is -2.31. The predicted molar refractivity (Wildman–Crippen MR) is 86.6 cm³/mol. The van der Waals surface area contributed by atoms with E-state index in [1.807, 2.05) is 0 Å². The molecule has 2 rings (SSSR count). The van der Waals surface area contributed by atoms with Crippen molar-refractivity contribution in [1.82, 2.24) is 0 Å². The van der Waals surface area contributed by atoms with Crippen LogP contribution in [0.15, 0.2) is 53.4 Å². The zero-order valence-corrected chi connectivity index (χ0v) is 13.6. The Morgan fingerprint density at radius 2 is 1.83 bits per heavy atom. The van der Waals surface area contributed by atoms with Gasteiger partial charge in [0.2, 0.25) is 0 Å². The summed E-state index contributed by atoms with van der Waals surface area (Å²) in [6.45, 7) is 1.91. The first-order valence-corrected chi connectivity index (χ1v) is 8.35.